The Morgan fingerprint density at radius 2 is 2.00 bits per heavy atom. The highest BCUT2D eigenvalue weighted by atomic mass is 32.2. The summed E-state index contributed by atoms with van der Waals surface area (Å²) >= 11 is 0. The van der Waals surface area contributed by atoms with E-state index >= 15 is 0 Å². The van der Waals surface area contributed by atoms with Gasteiger partial charge in [0.2, 0.25) is 10.0 Å². The molecule has 1 aromatic carbocycles. The third-order valence-corrected chi connectivity index (χ3v) is 4.68. The van der Waals surface area contributed by atoms with Gasteiger partial charge in [0.05, 0.1) is 16.8 Å². The van der Waals surface area contributed by atoms with Crippen molar-refractivity contribution in [3.63, 3.8) is 0 Å². The molecule has 3 N–H and O–H groups in total. The molecule has 2 rings (SSSR count). The Balaban J connectivity index is 2.53. The van der Waals surface area contributed by atoms with Crippen LogP contribution in [0.4, 0.5) is 5.69 Å². The van der Waals surface area contributed by atoms with E-state index in [1.165, 1.54) is 7.05 Å². The molecule has 1 aromatic heterocycles. The number of anilines is 1. The van der Waals surface area contributed by atoms with Crippen molar-refractivity contribution >= 4 is 26.7 Å². The summed E-state index contributed by atoms with van der Waals surface area (Å²) in [6.45, 7) is 6.53. The molecule has 0 spiro atoms. The van der Waals surface area contributed by atoms with Crippen LogP contribution in [0.25, 0.3) is 11.0 Å². The fraction of sp³-hybridized carbons (Fsp3) is 0.500. The summed E-state index contributed by atoms with van der Waals surface area (Å²) in [4.78, 5) is 4.64. The number of fused-ring (bicyclic) bond motifs is 1. The molecule has 0 aliphatic carbocycles. The average molecular weight is 310 g/mol. The van der Waals surface area contributed by atoms with Gasteiger partial charge in [-0.05, 0) is 25.2 Å². The van der Waals surface area contributed by atoms with Gasteiger partial charge in [-0.25, -0.2) is 18.1 Å². The highest BCUT2D eigenvalue weighted by Gasteiger charge is 2.23. The monoisotopic (exact) mass is 310 g/mol. The molecule has 0 aliphatic rings. The number of sulfonamides is 1. The molecule has 0 bridgehead atoms. The van der Waals surface area contributed by atoms with Gasteiger partial charge in [0.1, 0.15) is 5.82 Å². The summed E-state index contributed by atoms with van der Waals surface area (Å²) in [7, 11) is -1.83. The summed E-state index contributed by atoms with van der Waals surface area (Å²) in [6, 6.07) is 5.51. The number of nitrogens with two attached hydrogens (primary N) is 1. The van der Waals surface area contributed by atoms with Crippen LogP contribution < -0.4 is 10.5 Å². The molecule has 7 heteroatoms. The number of nitrogen functional groups attached to an aromatic ring is 1. The zero-order valence-electron chi connectivity index (χ0n) is 12.8. The van der Waals surface area contributed by atoms with Gasteiger partial charge in [-0.15, -0.1) is 0 Å². The van der Waals surface area contributed by atoms with E-state index in [0.717, 1.165) is 16.9 Å². The molecule has 0 amide bonds. The Morgan fingerprint density at radius 1 is 1.33 bits per heavy atom. The van der Waals surface area contributed by atoms with Crippen LogP contribution in [0.1, 0.15) is 26.6 Å². The van der Waals surface area contributed by atoms with Crippen LogP contribution in [0.15, 0.2) is 18.2 Å². The molecular weight excluding hydrogens is 288 g/mol. The second kappa shape index (κ2) is 5.31. The van der Waals surface area contributed by atoms with Crippen molar-refractivity contribution in [3.8, 4) is 0 Å². The first-order chi connectivity index (χ1) is 9.64. The van der Waals surface area contributed by atoms with Crippen LogP contribution in [0, 0.1) is 0 Å². The van der Waals surface area contributed by atoms with Gasteiger partial charge in [0.25, 0.3) is 0 Å². The SMILES string of the molecule is CNS(=O)(=O)CCn1c(C(C)(C)C)nc2cc(N)ccc21. The first kappa shape index (κ1) is 15.8. The number of nitrogens with one attached hydrogen (secondary N) is 1. The Bertz CT molecular complexity index is 757. The average Bonchev–Trinajstić information content (AvgIpc) is 2.74. The summed E-state index contributed by atoms with van der Waals surface area (Å²) in [5.41, 5.74) is 7.96. The fourth-order valence-electron chi connectivity index (χ4n) is 2.26. The molecule has 2 aromatic rings. The van der Waals surface area contributed by atoms with E-state index in [9.17, 15) is 8.42 Å². The lowest BCUT2D eigenvalue weighted by molar-refractivity contribution is 0.509. The molecule has 0 radical (unpaired) electrons. The number of benzene rings is 1. The standard InChI is InChI=1S/C14H22N4O2S/c1-14(2,3)13-17-11-9-10(15)5-6-12(11)18(13)7-8-21(19,20)16-4/h5-6,9,16H,7-8,15H2,1-4H3. The molecular formula is C14H22N4O2S. The lowest BCUT2D eigenvalue weighted by atomic mass is 9.96. The minimum Gasteiger partial charge on any atom is -0.399 e. The lowest BCUT2D eigenvalue weighted by Crippen LogP contribution is -2.27. The molecule has 116 valence electrons. The number of rotatable bonds is 4. The smallest absolute Gasteiger partial charge is 0.213 e. The predicted octanol–water partition coefficient (Wildman–Crippen LogP) is 1.47. The maximum absolute atomic E-state index is 11.7. The first-order valence-electron chi connectivity index (χ1n) is 6.81. The van der Waals surface area contributed by atoms with Gasteiger partial charge < -0.3 is 10.3 Å². The van der Waals surface area contributed by atoms with E-state index in [2.05, 4.69) is 30.5 Å². The Kier molecular flexibility index (Phi) is 3.99. The first-order valence-corrected chi connectivity index (χ1v) is 8.47. The van der Waals surface area contributed by atoms with Crippen LogP contribution in [0.3, 0.4) is 0 Å². The maximum atomic E-state index is 11.7. The van der Waals surface area contributed by atoms with Gasteiger partial charge in [-0.3, -0.25) is 0 Å². The molecule has 0 unspecified atom stereocenters. The molecule has 0 saturated heterocycles. The minimum atomic E-state index is -3.26. The Labute approximate surface area is 125 Å². The van der Waals surface area contributed by atoms with Crippen LogP contribution in [0.2, 0.25) is 0 Å². The zero-order valence-corrected chi connectivity index (χ0v) is 13.7. The number of aromatic nitrogens is 2. The minimum absolute atomic E-state index is 0.0163. The highest BCUT2D eigenvalue weighted by Crippen LogP contribution is 2.27. The van der Waals surface area contributed by atoms with Crippen molar-refractivity contribution in [1.82, 2.24) is 14.3 Å². The summed E-state index contributed by atoms with van der Waals surface area (Å²) in [5, 5.41) is 0. The third-order valence-electron chi connectivity index (χ3n) is 3.34. The van der Waals surface area contributed by atoms with E-state index in [0.29, 0.717) is 12.2 Å². The van der Waals surface area contributed by atoms with Crippen LogP contribution in [0.5, 0.6) is 0 Å². The quantitative estimate of drug-likeness (QED) is 0.837. The van der Waals surface area contributed by atoms with Crippen LogP contribution in [-0.4, -0.2) is 30.8 Å². The second-order valence-corrected chi connectivity index (χ2v) is 8.15. The van der Waals surface area contributed by atoms with Gasteiger partial charge in [-0.2, -0.15) is 0 Å². The van der Waals surface area contributed by atoms with Crippen molar-refractivity contribution < 1.29 is 8.42 Å². The molecule has 0 saturated carbocycles. The predicted molar refractivity (Wildman–Crippen MR) is 85.7 cm³/mol. The van der Waals surface area contributed by atoms with E-state index in [4.69, 9.17) is 5.73 Å². The second-order valence-electron chi connectivity index (χ2n) is 6.11. The molecule has 21 heavy (non-hydrogen) atoms. The van der Waals surface area contributed by atoms with Crippen molar-refractivity contribution in [2.24, 2.45) is 0 Å². The normalized spacial score (nSPS) is 13.0. The fourth-order valence-corrected chi connectivity index (χ4v) is 2.89. The van der Waals surface area contributed by atoms with Gasteiger partial charge in [-0.1, -0.05) is 20.8 Å². The number of nitrogens with zero attached hydrogens (tertiary/aromatic N) is 2. The zero-order chi connectivity index (χ0) is 15.8. The summed E-state index contributed by atoms with van der Waals surface area (Å²) in [6.07, 6.45) is 0. The van der Waals surface area contributed by atoms with Crippen molar-refractivity contribution in [3.05, 3.63) is 24.0 Å². The van der Waals surface area contributed by atoms with E-state index in [1.807, 2.05) is 16.7 Å². The maximum Gasteiger partial charge on any atom is 0.213 e. The van der Waals surface area contributed by atoms with Crippen LogP contribution >= 0.6 is 0 Å². The van der Waals surface area contributed by atoms with Crippen molar-refractivity contribution in [2.75, 3.05) is 18.5 Å². The van der Waals surface area contributed by atoms with Crippen molar-refractivity contribution in [1.29, 1.82) is 0 Å². The van der Waals surface area contributed by atoms with E-state index in [-0.39, 0.29) is 11.2 Å². The highest BCUT2D eigenvalue weighted by molar-refractivity contribution is 7.89. The van der Waals surface area contributed by atoms with Crippen molar-refractivity contribution in [2.45, 2.75) is 32.7 Å². The lowest BCUT2D eigenvalue weighted by Gasteiger charge is -2.20. The molecule has 6 nitrogen and oxygen atoms in total. The topological polar surface area (TPSA) is 90.0 Å². The Hall–Kier alpha value is -1.60. The van der Waals surface area contributed by atoms with Gasteiger partial charge in [0.15, 0.2) is 0 Å². The van der Waals surface area contributed by atoms with Crippen LogP contribution in [-0.2, 0) is 22.0 Å². The molecule has 1 heterocycles. The molecule has 0 atom stereocenters. The molecule has 0 aliphatic heterocycles. The number of hydrogen-bond acceptors (Lipinski definition) is 4. The van der Waals surface area contributed by atoms with E-state index in [1.54, 1.807) is 6.07 Å². The van der Waals surface area contributed by atoms with Gasteiger partial charge in [0, 0.05) is 17.6 Å². The number of aryl methyl sites for hydroxylation is 1. The number of hydrogen-bond donors (Lipinski definition) is 2. The Morgan fingerprint density at radius 3 is 2.57 bits per heavy atom. The van der Waals surface area contributed by atoms with E-state index < -0.39 is 10.0 Å². The third kappa shape index (κ3) is 3.36. The van der Waals surface area contributed by atoms with Gasteiger partial charge >= 0.3 is 0 Å². The largest absolute Gasteiger partial charge is 0.399 e. The molecule has 0 fully saturated rings. The summed E-state index contributed by atoms with van der Waals surface area (Å²) in [5.74, 6) is 0.872. The number of imidazole rings is 1. The summed E-state index contributed by atoms with van der Waals surface area (Å²) < 4.78 is 27.7.